The summed E-state index contributed by atoms with van der Waals surface area (Å²) < 4.78 is 0. The van der Waals surface area contributed by atoms with E-state index in [-0.39, 0.29) is 18.3 Å². The van der Waals surface area contributed by atoms with E-state index < -0.39 is 0 Å². The molecule has 0 spiro atoms. The van der Waals surface area contributed by atoms with E-state index >= 15 is 0 Å². The number of carbonyl (C=O) groups excluding carboxylic acids is 1. The van der Waals surface area contributed by atoms with Crippen molar-refractivity contribution in [2.75, 3.05) is 26.2 Å². The Morgan fingerprint density at radius 1 is 1.00 bits per heavy atom. The molecule has 0 bridgehead atoms. The molecule has 0 radical (unpaired) electrons. The smallest absolute Gasteiger partial charge is 0.253 e. The number of hydrogen-bond acceptors (Lipinski definition) is 2. The zero-order chi connectivity index (χ0) is 16.8. The lowest BCUT2D eigenvalue weighted by Gasteiger charge is -2.32. The summed E-state index contributed by atoms with van der Waals surface area (Å²) in [5.74, 6) is 0.867. The van der Waals surface area contributed by atoms with Crippen molar-refractivity contribution in [3.63, 3.8) is 0 Å². The second-order valence-corrected chi connectivity index (χ2v) is 6.49. The number of halogens is 1. The summed E-state index contributed by atoms with van der Waals surface area (Å²) in [5, 5.41) is 3.41. The van der Waals surface area contributed by atoms with Gasteiger partial charge in [0.05, 0.1) is 0 Å². The summed E-state index contributed by atoms with van der Waals surface area (Å²) in [4.78, 5) is 14.7. The van der Waals surface area contributed by atoms with Gasteiger partial charge in [-0.2, -0.15) is 0 Å². The third-order valence-corrected chi connectivity index (χ3v) is 4.82. The molecule has 1 aliphatic rings. The van der Waals surface area contributed by atoms with E-state index in [1.54, 1.807) is 0 Å². The molecule has 134 valence electrons. The fourth-order valence-corrected chi connectivity index (χ4v) is 3.31. The maximum Gasteiger partial charge on any atom is 0.253 e. The number of hydrogen-bond donors (Lipinski definition) is 1. The predicted molar refractivity (Wildman–Crippen MR) is 106 cm³/mol. The highest BCUT2D eigenvalue weighted by atomic mass is 35.5. The van der Waals surface area contributed by atoms with Crippen LogP contribution < -0.4 is 5.32 Å². The molecular weight excluding hydrogens is 332 g/mol. The number of nitrogens with one attached hydrogen (secondary N) is 1. The maximum absolute atomic E-state index is 12.7. The van der Waals surface area contributed by atoms with Gasteiger partial charge in [0.25, 0.3) is 5.91 Å². The van der Waals surface area contributed by atoms with Crippen LogP contribution in [0.25, 0.3) is 11.1 Å². The standard InChI is InChI=1S/C21H26N2O.ClH/c1-2-22-16-17-12-14-23(15-13-17)21(24)20-10-8-19(9-11-20)18-6-4-3-5-7-18;/h3-11,17,22H,2,12-16H2,1H3;1H. The Kier molecular flexibility index (Phi) is 7.48. The molecule has 1 saturated heterocycles. The fourth-order valence-electron chi connectivity index (χ4n) is 3.31. The van der Waals surface area contributed by atoms with E-state index in [4.69, 9.17) is 0 Å². The Hall–Kier alpha value is -1.84. The van der Waals surface area contributed by atoms with Crippen LogP contribution in [0, 0.1) is 5.92 Å². The van der Waals surface area contributed by atoms with Gasteiger partial charge in [-0.25, -0.2) is 0 Å². The Morgan fingerprint density at radius 2 is 1.60 bits per heavy atom. The number of piperidine rings is 1. The van der Waals surface area contributed by atoms with Gasteiger partial charge in [-0.1, -0.05) is 49.4 Å². The molecule has 3 nitrogen and oxygen atoms in total. The summed E-state index contributed by atoms with van der Waals surface area (Å²) in [6.45, 7) is 5.97. The van der Waals surface area contributed by atoms with Gasteiger partial charge < -0.3 is 10.2 Å². The molecule has 1 heterocycles. The summed E-state index contributed by atoms with van der Waals surface area (Å²) in [6, 6.07) is 18.3. The summed E-state index contributed by atoms with van der Waals surface area (Å²) >= 11 is 0. The van der Waals surface area contributed by atoms with Gasteiger partial charge in [0.15, 0.2) is 0 Å². The molecule has 0 unspecified atom stereocenters. The zero-order valence-electron chi connectivity index (χ0n) is 14.8. The van der Waals surface area contributed by atoms with Crippen LogP contribution >= 0.6 is 12.4 Å². The minimum atomic E-state index is 0. The Bertz CT molecular complexity index is 649. The minimum absolute atomic E-state index is 0. The lowest BCUT2D eigenvalue weighted by molar-refractivity contribution is 0.0690. The van der Waals surface area contributed by atoms with Gasteiger partial charge >= 0.3 is 0 Å². The lowest BCUT2D eigenvalue weighted by atomic mass is 9.96. The van der Waals surface area contributed by atoms with Crippen molar-refractivity contribution in [2.45, 2.75) is 19.8 Å². The van der Waals surface area contributed by atoms with E-state index in [1.165, 1.54) is 5.56 Å². The Labute approximate surface area is 156 Å². The van der Waals surface area contributed by atoms with Crippen LogP contribution in [0.3, 0.4) is 0 Å². The van der Waals surface area contributed by atoms with Crippen molar-refractivity contribution in [2.24, 2.45) is 5.92 Å². The SMILES string of the molecule is CCNCC1CCN(C(=O)c2ccc(-c3ccccc3)cc2)CC1.Cl. The molecule has 0 atom stereocenters. The van der Waals surface area contributed by atoms with Crippen LogP contribution in [-0.2, 0) is 0 Å². The molecule has 2 aromatic rings. The van der Waals surface area contributed by atoms with Crippen molar-refractivity contribution in [3.05, 3.63) is 60.2 Å². The molecule has 3 rings (SSSR count). The van der Waals surface area contributed by atoms with E-state index in [0.717, 1.165) is 50.1 Å². The number of amides is 1. The third-order valence-electron chi connectivity index (χ3n) is 4.82. The predicted octanol–water partition coefficient (Wildman–Crippen LogP) is 4.24. The molecule has 1 fully saturated rings. The third kappa shape index (κ3) is 5.07. The largest absolute Gasteiger partial charge is 0.339 e. The maximum atomic E-state index is 12.7. The topological polar surface area (TPSA) is 32.3 Å². The second kappa shape index (κ2) is 9.59. The van der Waals surface area contributed by atoms with E-state index in [0.29, 0.717) is 5.92 Å². The lowest BCUT2D eigenvalue weighted by Crippen LogP contribution is -2.40. The monoisotopic (exact) mass is 358 g/mol. The van der Waals surface area contributed by atoms with Gasteiger partial charge in [-0.15, -0.1) is 12.4 Å². The molecule has 0 aromatic heterocycles. The van der Waals surface area contributed by atoms with E-state index in [9.17, 15) is 4.79 Å². The van der Waals surface area contributed by atoms with Crippen molar-refractivity contribution < 1.29 is 4.79 Å². The van der Waals surface area contributed by atoms with Crippen LogP contribution in [-0.4, -0.2) is 37.0 Å². The Balaban J connectivity index is 0.00000225. The highest BCUT2D eigenvalue weighted by Crippen LogP contribution is 2.22. The minimum Gasteiger partial charge on any atom is -0.339 e. The first kappa shape index (κ1) is 19.5. The zero-order valence-corrected chi connectivity index (χ0v) is 15.6. The highest BCUT2D eigenvalue weighted by Gasteiger charge is 2.23. The first-order valence-corrected chi connectivity index (χ1v) is 8.93. The Morgan fingerprint density at radius 3 is 2.20 bits per heavy atom. The fraction of sp³-hybridized carbons (Fsp3) is 0.381. The highest BCUT2D eigenvalue weighted by molar-refractivity contribution is 5.94. The van der Waals surface area contributed by atoms with Gasteiger partial charge in [-0.05, 0) is 55.1 Å². The normalized spacial score (nSPS) is 14.8. The first-order valence-electron chi connectivity index (χ1n) is 8.93. The molecule has 1 aliphatic heterocycles. The van der Waals surface area contributed by atoms with Crippen molar-refractivity contribution in [3.8, 4) is 11.1 Å². The van der Waals surface area contributed by atoms with E-state index in [2.05, 4.69) is 24.4 Å². The van der Waals surface area contributed by atoms with Crippen molar-refractivity contribution in [1.82, 2.24) is 10.2 Å². The molecule has 0 aliphatic carbocycles. The molecule has 1 N–H and O–H groups in total. The average Bonchev–Trinajstić information content (AvgIpc) is 2.67. The van der Waals surface area contributed by atoms with Crippen LogP contribution in [0.5, 0.6) is 0 Å². The van der Waals surface area contributed by atoms with Gasteiger partial charge in [-0.3, -0.25) is 4.79 Å². The summed E-state index contributed by atoms with van der Waals surface area (Å²) in [6.07, 6.45) is 2.20. The van der Waals surface area contributed by atoms with Gasteiger partial charge in [0.1, 0.15) is 0 Å². The molecular formula is C21H27ClN2O. The van der Waals surface area contributed by atoms with Crippen LogP contribution in [0.2, 0.25) is 0 Å². The van der Waals surface area contributed by atoms with Gasteiger partial charge in [0.2, 0.25) is 0 Å². The number of likely N-dealkylation sites (tertiary alicyclic amines) is 1. The summed E-state index contributed by atoms with van der Waals surface area (Å²) in [5.41, 5.74) is 3.12. The quantitative estimate of drug-likeness (QED) is 0.867. The average molecular weight is 359 g/mol. The molecule has 0 saturated carbocycles. The number of rotatable bonds is 5. The molecule has 1 amide bonds. The van der Waals surface area contributed by atoms with Crippen molar-refractivity contribution >= 4 is 18.3 Å². The second-order valence-electron chi connectivity index (χ2n) is 6.49. The molecule has 25 heavy (non-hydrogen) atoms. The number of benzene rings is 2. The van der Waals surface area contributed by atoms with Crippen LogP contribution in [0.15, 0.2) is 54.6 Å². The van der Waals surface area contributed by atoms with E-state index in [1.807, 2.05) is 47.4 Å². The van der Waals surface area contributed by atoms with Gasteiger partial charge in [0, 0.05) is 18.7 Å². The number of nitrogens with zero attached hydrogens (tertiary/aromatic N) is 1. The molecule has 4 heteroatoms. The first-order chi connectivity index (χ1) is 11.8. The van der Waals surface area contributed by atoms with Crippen molar-refractivity contribution in [1.29, 1.82) is 0 Å². The van der Waals surface area contributed by atoms with Crippen LogP contribution in [0.4, 0.5) is 0 Å². The molecule has 2 aromatic carbocycles. The summed E-state index contributed by atoms with van der Waals surface area (Å²) in [7, 11) is 0. The van der Waals surface area contributed by atoms with Crippen LogP contribution in [0.1, 0.15) is 30.1 Å². The number of carbonyl (C=O) groups is 1.